The predicted molar refractivity (Wildman–Crippen MR) is 81.7 cm³/mol. The van der Waals surface area contributed by atoms with E-state index in [0.717, 1.165) is 34.8 Å². The van der Waals surface area contributed by atoms with Crippen molar-refractivity contribution in [3.8, 4) is 0 Å². The van der Waals surface area contributed by atoms with E-state index in [4.69, 9.17) is 17.3 Å². The van der Waals surface area contributed by atoms with Crippen molar-refractivity contribution in [3.05, 3.63) is 29.6 Å². The zero-order chi connectivity index (χ0) is 14.3. The van der Waals surface area contributed by atoms with Gasteiger partial charge in [-0.1, -0.05) is 18.2 Å². The molecule has 0 aliphatic rings. The number of fused-ring (bicyclic) bond motifs is 3. The first kappa shape index (κ1) is 12.7. The fourth-order valence-corrected chi connectivity index (χ4v) is 2.56. The third-order valence-corrected chi connectivity index (χ3v) is 3.59. The van der Waals surface area contributed by atoms with Gasteiger partial charge in [-0.25, -0.2) is 14.6 Å². The highest BCUT2D eigenvalue weighted by atomic mass is 15.3. The Morgan fingerprint density at radius 1 is 1.20 bits per heavy atom. The minimum atomic E-state index is 0.417. The summed E-state index contributed by atoms with van der Waals surface area (Å²) in [5.41, 5.74) is 15.1. The van der Waals surface area contributed by atoms with Crippen molar-refractivity contribution in [2.24, 2.45) is 5.73 Å². The summed E-state index contributed by atoms with van der Waals surface area (Å²) in [6.07, 6.45) is 1.79. The fraction of sp³-hybridized carbons (Fsp3) is 0.286. The molecule has 3 rings (SSSR count). The summed E-state index contributed by atoms with van der Waals surface area (Å²) in [5, 5.41) is 0.979. The molecule has 0 atom stereocenters. The van der Waals surface area contributed by atoms with Crippen LogP contribution in [-0.2, 0) is 6.42 Å². The Balaban J connectivity index is 2.38. The summed E-state index contributed by atoms with van der Waals surface area (Å²) in [6, 6.07) is 6.06. The van der Waals surface area contributed by atoms with Gasteiger partial charge in [0.1, 0.15) is 16.9 Å². The van der Waals surface area contributed by atoms with Gasteiger partial charge in [-0.2, -0.15) is 0 Å². The fourth-order valence-electron chi connectivity index (χ4n) is 2.56. The van der Waals surface area contributed by atoms with Crippen molar-refractivity contribution < 1.29 is 0 Å². The lowest BCUT2D eigenvalue weighted by molar-refractivity contribution is 0.836. The molecule has 0 saturated heterocycles. The number of nitrogens with two attached hydrogens (primary N) is 3. The van der Waals surface area contributed by atoms with Crippen LogP contribution < -0.4 is 17.3 Å². The molecule has 2 aromatic heterocycles. The van der Waals surface area contributed by atoms with Gasteiger partial charge in [0.25, 0.3) is 0 Å². The molecule has 6 N–H and O–H groups in total. The Morgan fingerprint density at radius 2 is 2.00 bits per heavy atom. The van der Waals surface area contributed by atoms with Crippen LogP contribution in [0.3, 0.4) is 0 Å². The second-order valence-electron chi connectivity index (χ2n) is 4.93. The number of hydrogen-bond acceptors (Lipinski definition) is 5. The summed E-state index contributed by atoms with van der Waals surface area (Å²) < 4.78 is 1.57. The predicted octanol–water partition coefficient (Wildman–Crippen LogP) is 1.08. The van der Waals surface area contributed by atoms with E-state index in [2.05, 4.69) is 16.0 Å². The molecule has 0 aliphatic carbocycles. The van der Waals surface area contributed by atoms with Crippen LogP contribution in [-0.4, -0.2) is 21.2 Å². The van der Waals surface area contributed by atoms with E-state index in [1.54, 1.807) is 4.68 Å². The molecule has 0 fully saturated rings. The van der Waals surface area contributed by atoms with Crippen molar-refractivity contribution >= 4 is 27.8 Å². The summed E-state index contributed by atoms with van der Waals surface area (Å²) in [5.74, 6) is 7.21. The number of para-hydroxylation sites is 1. The number of aryl methyl sites for hydroxylation is 2. The van der Waals surface area contributed by atoms with Crippen LogP contribution in [0.15, 0.2) is 18.2 Å². The largest absolute Gasteiger partial charge is 0.382 e. The van der Waals surface area contributed by atoms with Crippen molar-refractivity contribution in [1.29, 1.82) is 0 Å². The third-order valence-electron chi connectivity index (χ3n) is 3.59. The molecular formula is C14H18N6. The molecule has 0 radical (unpaired) electrons. The van der Waals surface area contributed by atoms with E-state index in [-0.39, 0.29) is 0 Å². The van der Waals surface area contributed by atoms with Crippen LogP contribution in [0.4, 0.5) is 5.82 Å². The Labute approximate surface area is 116 Å². The maximum absolute atomic E-state index is 6.07. The molecule has 0 bridgehead atoms. The topological polar surface area (TPSA) is 109 Å². The normalized spacial score (nSPS) is 11.5. The summed E-state index contributed by atoms with van der Waals surface area (Å²) in [4.78, 5) is 8.90. The van der Waals surface area contributed by atoms with Gasteiger partial charge in [0, 0.05) is 5.39 Å². The second-order valence-corrected chi connectivity index (χ2v) is 4.93. The third kappa shape index (κ3) is 1.77. The molecule has 3 aromatic rings. The van der Waals surface area contributed by atoms with Gasteiger partial charge in [-0.15, -0.1) is 0 Å². The molecular weight excluding hydrogens is 252 g/mol. The first-order valence-electron chi connectivity index (χ1n) is 6.64. The molecule has 0 unspecified atom stereocenters. The van der Waals surface area contributed by atoms with Crippen molar-refractivity contribution in [1.82, 2.24) is 14.6 Å². The Bertz CT molecular complexity index is 789. The second kappa shape index (κ2) is 4.64. The number of imidazole rings is 1. The molecule has 1 aromatic carbocycles. The molecule has 20 heavy (non-hydrogen) atoms. The SMILES string of the molecule is Cc1nc2c(N)nc3c(CCCN)cccc3c2n1N. The van der Waals surface area contributed by atoms with Gasteiger partial charge in [0.2, 0.25) is 0 Å². The number of hydrogen-bond donors (Lipinski definition) is 3. The molecule has 0 saturated carbocycles. The number of benzene rings is 1. The number of anilines is 1. The molecule has 6 heteroatoms. The zero-order valence-corrected chi connectivity index (χ0v) is 11.4. The smallest absolute Gasteiger partial charge is 0.152 e. The first-order valence-corrected chi connectivity index (χ1v) is 6.64. The maximum atomic E-state index is 6.07. The van der Waals surface area contributed by atoms with Gasteiger partial charge < -0.3 is 17.3 Å². The van der Waals surface area contributed by atoms with Crippen LogP contribution >= 0.6 is 0 Å². The number of aromatic nitrogens is 3. The highest BCUT2D eigenvalue weighted by Crippen LogP contribution is 2.29. The van der Waals surface area contributed by atoms with Crippen LogP contribution in [0, 0.1) is 6.92 Å². The summed E-state index contributed by atoms with van der Waals surface area (Å²) in [6.45, 7) is 2.51. The average Bonchev–Trinajstić information content (AvgIpc) is 2.74. The Morgan fingerprint density at radius 3 is 2.75 bits per heavy atom. The minimum Gasteiger partial charge on any atom is -0.382 e. The van der Waals surface area contributed by atoms with Gasteiger partial charge >= 0.3 is 0 Å². The first-order chi connectivity index (χ1) is 9.63. The Kier molecular flexibility index (Phi) is 2.94. The van der Waals surface area contributed by atoms with Crippen LogP contribution in [0.2, 0.25) is 0 Å². The maximum Gasteiger partial charge on any atom is 0.152 e. The van der Waals surface area contributed by atoms with Crippen LogP contribution in [0.5, 0.6) is 0 Å². The molecule has 2 heterocycles. The van der Waals surface area contributed by atoms with E-state index in [9.17, 15) is 0 Å². The molecule has 0 aliphatic heterocycles. The summed E-state index contributed by atoms with van der Waals surface area (Å²) >= 11 is 0. The Hall–Kier alpha value is -2.34. The van der Waals surface area contributed by atoms with Crippen LogP contribution in [0.1, 0.15) is 17.8 Å². The van der Waals surface area contributed by atoms with E-state index in [1.165, 1.54) is 0 Å². The highest BCUT2D eigenvalue weighted by molar-refractivity contribution is 6.07. The van der Waals surface area contributed by atoms with Gasteiger partial charge in [-0.05, 0) is 31.9 Å². The highest BCUT2D eigenvalue weighted by Gasteiger charge is 2.15. The van der Waals surface area contributed by atoms with E-state index < -0.39 is 0 Å². The van der Waals surface area contributed by atoms with Gasteiger partial charge in [-0.3, -0.25) is 0 Å². The molecule has 0 amide bonds. The zero-order valence-electron chi connectivity index (χ0n) is 11.4. The number of rotatable bonds is 3. The lowest BCUT2D eigenvalue weighted by atomic mass is 10.0. The van der Waals surface area contributed by atoms with Crippen molar-refractivity contribution in [2.45, 2.75) is 19.8 Å². The van der Waals surface area contributed by atoms with E-state index in [1.807, 2.05) is 19.1 Å². The standard InChI is InChI=1S/C14H18N6/c1-8-18-12-13(20(8)17)10-6-2-4-9(5-3-7-15)11(10)19-14(12)16/h2,4,6H,3,5,7,15,17H2,1H3,(H2,16,19). The monoisotopic (exact) mass is 270 g/mol. The number of nitrogen functional groups attached to an aromatic ring is 2. The van der Waals surface area contributed by atoms with Crippen molar-refractivity contribution in [2.75, 3.05) is 18.1 Å². The van der Waals surface area contributed by atoms with Crippen molar-refractivity contribution in [3.63, 3.8) is 0 Å². The van der Waals surface area contributed by atoms with Crippen LogP contribution in [0.25, 0.3) is 21.9 Å². The van der Waals surface area contributed by atoms with Gasteiger partial charge in [0.05, 0.1) is 5.52 Å². The average molecular weight is 270 g/mol. The quantitative estimate of drug-likeness (QED) is 0.617. The number of nitrogens with zero attached hydrogens (tertiary/aromatic N) is 3. The minimum absolute atomic E-state index is 0.417. The number of pyridine rings is 1. The lowest BCUT2D eigenvalue weighted by Crippen LogP contribution is -2.10. The van der Waals surface area contributed by atoms with E-state index in [0.29, 0.717) is 23.7 Å². The van der Waals surface area contributed by atoms with Gasteiger partial charge in [0.15, 0.2) is 5.82 Å². The van der Waals surface area contributed by atoms with E-state index >= 15 is 0 Å². The lowest BCUT2D eigenvalue weighted by Gasteiger charge is -2.08. The molecule has 6 nitrogen and oxygen atoms in total. The summed E-state index contributed by atoms with van der Waals surface area (Å²) in [7, 11) is 0. The molecule has 0 spiro atoms. The molecule has 104 valence electrons.